The van der Waals surface area contributed by atoms with Gasteiger partial charge in [-0.2, -0.15) is 0 Å². The van der Waals surface area contributed by atoms with E-state index in [1.54, 1.807) is 43.8 Å². The molecule has 0 unspecified atom stereocenters. The monoisotopic (exact) mass is 379 g/mol. The van der Waals surface area contributed by atoms with E-state index in [9.17, 15) is 5.11 Å². The van der Waals surface area contributed by atoms with Crippen LogP contribution in [0.2, 0.25) is 0 Å². The van der Waals surface area contributed by atoms with Crippen molar-refractivity contribution in [2.24, 2.45) is 0 Å². The van der Waals surface area contributed by atoms with Gasteiger partial charge in [-0.05, 0) is 29.8 Å². The summed E-state index contributed by atoms with van der Waals surface area (Å²) in [5.41, 5.74) is 2.73. The number of ether oxygens (including phenoxy) is 2. The summed E-state index contributed by atoms with van der Waals surface area (Å²) in [6.07, 6.45) is 1.53. The molecule has 6 nitrogen and oxygen atoms in total. The first-order valence-corrected chi connectivity index (χ1v) is 9.08. The summed E-state index contributed by atoms with van der Waals surface area (Å²) in [5.74, 6) is 2.20. The van der Waals surface area contributed by atoms with Crippen LogP contribution in [-0.4, -0.2) is 29.3 Å². The van der Waals surface area contributed by atoms with Crippen LogP contribution in [0.4, 0.5) is 11.5 Å². The Hall–Kier alpha value is -3.32. The smallest absolute Gasteiger partial charge is 0.161 e. The van der Waals surface area contributed by atoms with Gasteiger partial charge < -0.3 is 19.9 Å². The normalized spacial score (nSPS) is 10.7. The molecule has 4 rings (SSSR count). The van der Waals surface area contributed by atoms with Crippen molar-refractivity contribution in [2.45, 2.75) is 0 Å². The summed E-state index contributed by atoms with van der Waals surface area (Å²) in [4.78, 5) is 9.67. The molecule has 2 N–H and O–H groups in total. The van der Waals surface area contributed by atoms with E-state index in [2.05, 4.69) is 15.3 Å². The molecule has 2 aromatic carbocycles. The van der Waals surface area contributed by atoms with E-state index in [-0.39, 0.29) is 5.75 Å². The Morgan fingerprint density at radius 2 is 1.85 bits per heavy atom. The number of aromatic hydroxyl groups is 1. The summed E-state index contributed by atoms with van der Waals surface area (Å²) in [5, 5.41) is 15.9. The van der Waals surface area contributed by atoms with Gasteiger partial charge in [-0.3, -0.25) is 0 Å². The predicted molar refractivity (Wildman–Crippen MR) is 107 cm³/mol. The zero-order valence-electron chi connectivity index (χ0n) is 14.8. The first-order valence-electron chi connectivity index (χ1n) is 8.20. The highest BCUT2D eigenvalue weighted by Gasteiger charge is 2.15. The molecule has 0 fully saturated rings. The number of nitrogens with zero attached hydrogens (tertiary/aromatic N) is 2. The van der Waals surface area contributed by atoms with Gasteiger partial charge in [0.2, 0.25) is 0 Å². The number of benzene rings is 2. The highest BCUT2D eigenvalue weighted by Crippen LogP contribution is 2.40. The molecule has 0 aliphatic rings. The molecule has 0 amide bonds. The Labute approximate surface area is 160 Å². The average molecular weight is 379 g/mol. The third kappa shape index (κ3) is 3.24. The molecule has 0 bridgehead atoms. The number of phenolic OH excluding ortho intramolecular Hbond substituents is 1. The molecule has 0 radical (unpaired) electrons. The van der Waals surface area contributed by atoms with Crippen molar-refractivity contribution in [1.82, 2.24) is 9.97 Å². The Morgan fingerprint density at radius 3 is 2.63 bits per heavy atom. The SMILES string of the molecule is COc1ccc(-c2csc3ncnc(Nc4cccc(O)c4)c23)cc1OC. The molecule has 2 heterocycles. The van der Waals surface area contributed by atoms with Crippen LogP contribution < -0.4 is 14.8 Å². The van der Waals surface area contributed by atoms with E-state index in [0.717, 1.165) is 27.0 Å². The highest BCUT2D eigenvalue weighted by molar-refractivity contribution is 7.17. The molecule has 0 spiro atoms. The van der Waals surface area contributed by atoms with Crippen molar-refractivity contribution in [1.29, 1.82) is 0 Å². The van der Waals surface area contributed by atoms with Crippen LogP contribution in [0.25, 0.3) is 21.3 Å². The lowest BCUT2D eigenvalue weighted by Crippen LogP contribution is -1.95. The third-order valence-corrected chi connectivity index (χ3v) is 5.06. The minimum atomic E-state index is 0.190. The lowest BCUT2D eigenvalue weighted by Gasteiger charge is -2.11. The van der Waals surface area contributed by atoms with Crippen molar-refractivity contribution in [3.05, 3.63) is 54.2 Å². The number of fused-ring (bicyclic) bond motifs is 1. The number of rotatable bonds is 5. The number of thiophene rings is 1. The molecular weight excluding hydrogens is 362 g/mol. The van der Waals surface area contributed by atoms with E-state index in [0.29, 0.717) is 17.3 Å². The number of anilines is 2. The number of methoxy groups -OCH3 is 2. The summed E-state index contributed by atoms with van der Waals surface area (Å²) >= 11 is 1.55. The molecule has 0 atom stereocenters. The Kier molecular flexibility index (Phi) is 4.52. The largest absolute Gasteiger partial charge is 0.508 e. The van der Waals surface area contributed by atoms with E-state index in [4.69, 9.17) is 9.47 Å². The van der Waals surface area contributed by atoms with Crippen LogP contribution in [0.5, 0.6) is 17.2 Å². The van der Waals surface area contributed by atoms with Gasteiger partial charge in [-0.15, -0.1) is 11.3 Å². The first-order chi connectivity index (χ1) is 13.2. The molecule has 7 heteroatoms. The average Bonchev–Trinajstić information content (AvgIpc) is 3.13. The summed E-state index contributed by atoms with van der Waals surface area (Å²) < 4.78 is 10.8. The van der Waals surface area contributed by atoms with Crippen LogP contribution >= 0.6 is 11.3 Å². The van der Waals surface area contributed by atoms with Gasteiger partial charge in [-0.25, -0.2) is 9.97 Å². The molecule has 0 aliphatic carbocycles. The number of hydrogen-bond donors (Lipinski definition) is 2. The molecule has 0 saturated heterocycles. The van der Waals surface area contributed by atoms with Crippen molar-refractivity contribution in [2.75, 3.05) is 19.5 Å². The van der Waals surface area contributed by atoms with E-state index in [1.807, 2.05) is 29.6 Å². The summed E-state index contributed by atoms with van der Waals surface area (Å²) in [7, 11) is 3.23. The van der Waals surface area contributed by atoms with Crippen LogP contribution in [0.15, 0.2) is 54.2 Å². The van der Waals surface area contributed by atoms with Crippen LogP contribution in [-0.2, 0) is 0 Å². The summed E-state index contributed by atoms with van der Waals surface area (Å²) in [6, 6.07) is 12.7. The van der Waals surface area contributed by atoms with Crippen molar-refractivity contribution >= 4 is 33.1 Å². The molecular formula is C20H17N3O3S. The van der Waals surface area contributed by atoms with Gasteiger partial charge in [0.1, 0.15) is 22.7 Å². The summed E-state index contributed by atoms with van der Waals surface area (Å²) in [6.45, 7) is 0. The Balaban J connectivity index is 1.83. The third-order valence-electron chi connectivity index (χ3n) is 4.17. The minimum absolute atomic E-state index is 0.190. The Morgan fingerprint density at radius 1 is 1.00 bits per heavy atom. The number of nitrogens with one attached hydrogen (secondary N) is 1. The maximum atomic E-state index is 9.71. The Bertz CT molecular complexity index is 1110. The molecule has 0 saturated carbocycles. The maximum Gasteiger partial charge on any atom is 0.161 e. The van der Waals surface area contributed by atoms with Gasteiger partial charge in [0.15, 0.2) is 11.5 Å². The molecule has 136 valence electrons. The highest BCUT2D eigenvalue weighted by atomic mass is 32.1. The second-order valence-electron chi connectivity index (χ2n) is 5.80. The number of hydrogen-bond acceptors (Lipinski definition) is 7. The fourth-order valence-corrected chi connectivity index (χ4v) is 3.82. The van der Waals surface area contributed by atoms with Gasteiger partial charge >= 0.3 is 0 Å². The van der Waals surface area contributed by atoms with Gasteiger partial charge in [0.25, 0.3) is 0 Å². The van der Waals surface area contributed by atoms with E-state index in [1.165, 1.54) is 6.33 Å². The van der Waals surface area contributed by atoms with Gasteiger partial charge in [-0.1, -0.05) is 12.1 Å². The topological polar surface area (TPSA) is 76.5 Å². The molecule has 0 aliphatic heterocycles. The minimum Gasteiger partial charge on any atom is -0.508 e. The zero-order chi connectivity index (χ0) is 18.8. The van der Waals surface area contributed by atoms with Crippen LogP contribution in [0, 0.1) is 0 Å². The first kappa shape index (κ1) is 17.1. The molecule has 27 heavy (non-hydrogen) atoms. The van der Waals surface area contributed by atoms with Crippen molar-refractivity contribution in [3.63, 3.8) is 0 Å². The van der Waals surface area contributed by atoms with Gasteiger partial charge in [0, 0.05) is 22.7 Å². The molecule has 4 aromatic rings. The lowest BCUT2D eigenvalue weighted by atomic mass is 10.1. The molecule has 2 aromatic heterocycles. The second-order valence-corrected chi connectivity index (χ2v) is 6.65. The lowest BCUT2D eigenvalue weighted by molar-refractivity contribution is 0.355. The van der Waals surface area contributed by atoms with E-state index < -0.39 is 0 Å². The fraction of sp³-hybridized carbons (Fsp3) is 0.100. The van der Waals surface area contributed by atoms with Crippen molar-refractivity contribution < 1.29 is 14.6 Å². The fourth-order valence-electron chi connectivity index (χ4n) is 2.91. The van der Waals surface area contributed by atoms with Gasteiger partial charge in [0.05, 0.1) is 19.6 Å². The number of aromatic nitrogens is 2. The quantitative estimate of drug-likeness (QED) is 0.517. The van der Waals surface area contributed by atoms with E-state index >= 15 is 0 Å². The number of phenols is 1. The van der Waals surface area contributed by atoms with Crippen molar-refractivity contribution in [3.8, 4) is 28.4 Å². The maximum absolute atomic E-state index is 9.71. The predicted octanol–water partition coefficient (Wildman–Crippen LogP) is 4.82. The standard InChI is InChI=1S/C20H17N3O3S/c1-25-16-7-6-12(8-17(16)26-2)15-10-27-20-18(15)19(21-11-22-20)23-13-4-3-5-14(24)9-13/h3-11,24H,1-2H3,(H,21,22,23). The second kappa shape index (κ2) is 7.13. The van der Waals surface area contributed by atoms with Crippen LogP contribution in [0.1, 0.15) is 0 Å². The zero-order valence-corrected chi connectivity index (χ0v) is 15.6. The van der Waals surface area contributed by atoms with Crippen LogP contribution in [0.3, 0.4) is 0 Å².